The van der Waals surface area contributed by atoms with Gasteiger partial charge in [0.05, 0.1) is 7.11 Å². The van der Waals surface area contributed by atoms with E-state index in [0.717, 1.165) is 7.11 Å². The lowest BCUT2D eigenvalue weighted by molar-refractivity contribution is -0.156. The lowest BCUT2D eigenvalue weighted by Crippen LogP contribution is -2.27. The molecule has 0 radical (unpaired) electrons. The maximum absolute atomic E-state index is 13.2. The molecule has 86 valence electrons. The highest BCUT2D eigenvalue weighted by molar-refractivity contribution is 5.94. The summed E-state index contributed by atoms with van der Waals surface area (Å²) in [5.74, 6) is -4.11. The van der Waals surface area contributed by atoms with Crippen LogP contribution in [-0.2, 0) is 20.7 Å². The fraction of sp³-hybridized carbons (Fsp3) is 0.273. The van der Waals surface area contributed by atoms with Crippen LogP contribution >= 0.6 is 0 Å². The van der Waals surface area contributed by atoms with Gasteiger partial charge in [-0.25, -0.2) is 4.39 Å². The smallest absolute Gasteiger partial charge is 0.320 e. The number of carbonyl (C=O) groups is 2. The number of carboxylic acid groups (broad SMARTS) is 1. The Morgan fingerprint density at radius 3 is 2.56 bits per heavy atom. The minimum absolute atomic E-state index is 0.181. The molecule has 5 heteroatoms. The van der Waals surface area contributed by atoms with Gasteiger partial charge in [0.1, 0.15) is 5.82 Å². The molecule has 1 aromatic carbocycles. The molecular formula is C11H11FO4. The molecule has 0 aliphatic rings. The molecule has 0 saturated heterocycles. The summed E-state index contributed by atoms with van der Waals surface area (Å²) in [4.78, 5) is 21.9. The van der Waals surface area contributed by atoms with Crippen molar-refractivity contribution in [2.45, 2.75) is 6.42 Å². The second-order valence-electron chi connectivity index (χ2n) is 3.21. The minimum Gasteiger partial charge on any atom is -0.481 e. The quantitative estimate of drug-likeness (QED) is 0.619. The van der Waals surface area contributed by atoms with Crippen LogP contribution < -0.4 is 0 Å². The van der Waals surface area contributed by atoms with Crippen molar-refractivity contribution >= 4 is 11.9 Å². The monoisotopic (exact) mass is 226 g/mol. The second kappa shape index (κ2) is 5.25. The molecule has 0 bridgehead atoms. The molecule has 0 aliphatic carbocycles. The van der Waals surface area contributed by atoms with Crippen molar-refractivity contribution in [3.05, 3.63) is 35.6 Å². The number of benzene rings is 1. The third kappa shape index (κ3) is 2.79. The molecule has 16 heavy (non-hydrogen) atoms. The van der Waals surface area contributed by atoms with E-state index in [1.54, 1.807) is 6.07 Å². The lowest BCUT2D eigenvalue weighted by atomic mass is 9.99. The van der Waals surface area contributed by atoms with E-state index in [0.29, 0.717) is 0 Å². The standard InChI is InChI=1S/C11H11FO4/c1-16-11(15)8(10(13)14)6-7-4-2-3-5-9(7)12/h2-5,8H,6H2,1H3,(H,13,14). The Labute approximate surface area is 91.7 Å². The summed E-state index contributed by atoms with van der Waals surface area (Å²) in [6.07, 6.45) is -0.214. The fourth-order valence-electron chi connectivity index (χ4n) is 1.30. The maximum atomic E-state index is 13.2. The van der Waals surface area contributed by atoms with Crippen molar-refractivity contribution in [1.82, 2.24) is 0 Å². The first kappa shape index (κ1) is 12.2. The minimum atomic E-state index is -1.37. The Morgan fingerprint density at radius 1 is 1.44 bits per heavy atom. The van der Waals surface area contributed by atoms with Crippen molar-refractivity contribution in [3.63, 3.8) is 0 Å². The maximum Gasteiger partial charge on any atom is 0.320 e. The predicted molar refractivity (Wildman–Crippen MR) is 53.2 cm³/mol. The molecule has 0 spiro atoms. The average Bonchev–Trinajstić information content (AvgIpc) is 2.26. The van der Waals surface area contributed by atoms with Crippen LogP contribution in [0.3, 0.4) is 0 Å². The fourth-order valence-corrected chi connectivity index (χ4v) is 1.30. The number of esters is 1. The van der Waals surface area contributed by atoms with Gasteiger partial charge >= 0.3 is 11.9 Å². The van der Waals surface area contributed by atoms with Gasteiger partial charge in [0.2, 0.25) is 0 Å². The molecule has 0 fully saturated rings. The number of hydrogen-bond acceptors (Lipinski definition) is 3. The molecule has 0 amide bonds. The summed E-state index contributed by atoms with van der Waals surface area (Å²) in [7, 11) is 1.10. The van der Waals surface area contributed by atoms with Gasteiger partial charge in [-0.3, -0.25) is 9.59 Å². The van der Waals surface area contributed by atoms with E-state index in [4.69, 9.17) is 5.11 Å². The van der Waals surface area contributed by atoms with E-state index in [1.165, 1.54) is 18.2 Å². The van der Waals surface area contributed by atoms with Crippen LogP contribution in [0.15, 0.2) is 24.3 Å². The Bertz CT molecular complexity index is 403. The number of aliphatic carboxylic acids is 1. The van der Waals surface area contributed by atoms with Crippen molar-refractivity contribution in [2.75, 3.05) is 7.11 Å². The Kier molecular flexibility index (Phi) is 3.99. The van der Waals surface area contributed by atoms with Gasteiger partial charge in [-0.15, -0.1) is 0 Å². The van der Waals surface area contributed by atoms with Crippen molar-refractivity contribution in [2.24, 2.45) is 5.92 Å². The number of hydrogen-bond donors (Lipinski definition) is 1. The van der Waals surface area contributed by atoms with Gasteiger partial charge in [-0.05, 0) is 18.1 Å². The second-order valence-corrected chi connectivity index (χ2v) is 3.21. The van der Waals surface area contributed by atoms with Crippen LogP contribution in [0, 0.1) is 11.7 Å². The number of carbonyl (C=O) groups excluding carboxylic acids is 1. The topological polar surface area (TPSA) is 63.6 Å². The third-order valence-corrected chi connectivity index (χ3v) is 2.17. The first-order valence-corrected chi connectivity index (χ1v) is 4.60. The summed E-state index contributed by atoms with van der Waals surface area (Å²) in [6, 6.07) is 5.72. The van der Waals surface area contributed by atoms with E-state index in [1.807, 2.05) is 0 Å². The highest BCUT2D eigenvalue weighted by atomic mass is 19.1. The molecule has 0 heterocycles. The molecule has 4 nitrogen and oxygen atoms in total. The SMILES string of the molecule is COC(=O)C(Cc1ccccc1F)C(=O)O. The van der Waals surface area contributed by atoms with Gasteiger partial charge in [0.15, 0.2) is 5.92 Å². The number of methoxy groups -OCH3 is 1. The first-order valence-electron chi connectivity index (χ1n) is 4.60. The summed E-state index contributed by atoms with van der Waals surface area (Å²) >= 11 is 0. The highest BCUT2D eigenvalue weighted by Crippen LogP contribution is 2.14. The molecule has 1 N–H and O–H groups in total. The third-order valence-electron chi connectivity index (χ3n) is 2.17. The Morgan fingerprint density at radius 2 is 2.06 bits per heavy atom. The van der Waals surface area contributed by atoms with Crippen LogP contribution in [0.5, 0.6) is 0 Å². The largest absolute Gasteiger partial charge is 0.481 e. The Balaban J connectivity index is 2.88. The van der Waals surface area contributed by atoms with E-state index >= 15 is 0 Å². The highest BCUT2D eigenvalue weighted by Gasteiger charge is 2.28. The zero-order chi connectivity index (χ0) is 12.1. The van der Waals surface area contributed by atoms with Gasteiger partial charge in [-0.2, -0.15) is 0 Å². The summed E-state index contributed by atoms with van der Waals surface area (Å²) in [5, 5.41) is 8.80. The molecule has 0 saturated carbocycles. The van der Waals surface area contributed by atoms with Gasteiger partial charge < -0.3 is 9.84 Å². The van der Waals surface area contributed by atoms with Gasteiger partial charge in [-0.1, -0.05) is 18.2 Å². The van der Waals surface area contributed by atoms with Crippen molar-refractivity contribution < 1.29 is 23.8 Å². The molecule has 0 aliphatic heterocycles. The predicted octanol–water partition coefficient (Wildman–Crippen LogP) is 1.24. The van der Waals surface area contributed by atoms with E-state index in [2.05, 4.69) is 4.74 Å². The average molecular weight is 226 g/mol. The summed E-state index contributed by atoms with van der Waals surface area (Å²) in [5.41, 5.74) is 0.181. The number of carboxylic acids is 1. The number of rotatable bonds is 4. The van der Waals surface area contributed by atoms with Crippen molar-refractivity contribution in [3.8, 4) is 0 Å². The van der Waals surface area contributed by atoms with Crippen LogP contribution in [0.2, 0.25) is 0 Å². The Hall–Kier alpha value is -1.91. The van der Waals surface area contributed by atoms with Gasteiger partial charge in [0.25, 0.3) is 0 Å². The number of halogens is 1. The zero-order valence-electron chi connectivity index (χ0n) is 8.64. The van der Waals surface area contributed by atoms with Crippen molar-refractivity contribution in [1.29, 1.82) is 0 Å². The van der Waals surface area contributed by atoms with E-state index < -0.39 is 23.7 Å². The van der Waals surface area contributed by atoms with Crippen LogP contribution in [0.4, 0.5) is 4.39 Å². The lowest BCUT2D eigenvalue weighted by Gasteiger charge is -2.10. The zero-order valence-corrected chi connectivity index (χ0v) is 8.64. The summed E-state index contributed by atoms with van der Waals surface area (Å²) in [6.45, 7) is 0. The molecule has 1 atom stereocenters. The van der Waals surface area contributed by atoms with E-state index in [-0.39, 0.29) is 12.0 Å². The molecule has 1 unspecified atom stereocenters. The number of ether oxygens (including phenoxy) is 1. The van der Waals surface area contributed by atoms with Crippen LogP contribution in [-0.4, -0.2) is 24.2 Å². The summed E-state index contributed by atoms with van der Waals surface area (Å²) < 4.78 is 17.6. The normalized spacial score (nSPS) is 11.9. The molecular weight excluding hydrogens is 215 g/mol. The first-order chi connectivity index (χ1) is 7.56. The van der Waals surface area contributed by atoms with Gasteiger partial charge in [0, 0.05) is 0 Å². The molecule has 1 rings (SSSR count). The van der Waals surface area contributed by atoms with Crippen LogP contribution in [0.25, 0.3) is 0 Å². The molecule has 0 aromatic heterocycles. The molecule has 1 aromatic rings. The van der Waals surface area contributed by atoms with E-state index in [9.17, 15) is 14.0 Å². The van der Waals surface area contributed by atoms with Crippen LogP contribution in [0.1, 0.15) is 5.56 Å².